The first-order valence-electron chi connectivity index (χ1n) is 10.2. The summed E-state index contributed by atoms with van der Waals surface area (Å²) in [6.45, 7) is 5.12. The summed E-state index contributed by atoms with van der Waals surface area (Å²) in [5.41, 5.74) is 2.69. The summed E-state index contributed by atoms with van der Waals surface area (Å²) >= 11 is 0. The van der Waals surface area contributed by atoms with Gasteiger partial charge in [0.1, 0.15) is 6.04 Å². The molecule has 0 aliphatic rings. The minimum absolute atomic E-state index is 0.0187. The van der Waals surface area contributed by atoms with Crippen molar-refractivity contribution in [3.05, 3.63) is 90.0 Å². The predicted octanol–water partition coefficient (Wildman–Crippen LogP) is 3.39. The lowest BCUT2D eigenvalue weighted by molar-refractivity contribution is -0.124. The fraction of sp³-hybridized carbons (Fsp3) is 0.292. The molecule has 0 fully saturated rings. The number of amides is 2. The molecule has 0 aliphatic carbocycles. The van der Waals surface area contributed by atoms with Crippen molar-refractivity contribution in [2.24, 2.45) is 5.92 Å². The highest BCUT2D eigenvalue weighted by molar-refractivity contribution is 5.97. The van der Waals surface area contributed by atoms with Gasteiger partial charge >= 0.3 is 0 Å². The van der Waals surface area contributed by atoms with Gasteiger partial charge in [-0.3, -0.25) is 9.59 Å². The van der Waals surface area contributed by atoms with Gasteiger partial charge in [0.15, 0.2) is 0 Å². The number of hydrogen-bond donors (Lipinski definition) is 2. The Morgan fingerprint density at radius 2 is 1.83 bits per heavy atom. The number of nitrogens with one attached hydrogen (secondary N) is 2. The summed E-state index contributed by atoms with van der Waals surface area (Å²) in [4.78, 5) is 29.5. The van der Waals surface area contributed by atoms with Gasteiger partial charge in [0, 0.05) is 31.0 Å². The molecule has 3 rings (SSSR count). The van der Waals surface area contributed by atoms with Gasteiger partial charge in [-0.2, -0.15) is 0 Å². The van der Waals surface area contributed by atoms with Crippen molar-refractivity contribution in [2.75, 3.05) is 0 Å². The van der Waals surface area contributed by atoms with Crippen molar-refractivity contribution in [1.82, 2.24) is 20.2 Å². The van der Waals surface area contributed by atoms with Crippen molar-refractivity contribution >= 4 is 11.8 Å². The number of carbonyl (C=O) groups is 2. The summed E-state index contributed by atoms with van der Waals surface area (Å²) in [6, 6.07) is 16.5. The maximum absolute atomic E-state index is 12.9. The van der Waals surface area contributed by atoms with Gasteiger partial charge in [0.2, 0.25) is 5.91 Å². The van der Waals surface area contributed by atoms with E-state index in [1.165, 1.54) is 0 Å². The standard InChI is InChI=1S/C24H28N4O2/c1-3-18(2)22(27-23(29)21-10-5-4-6-11-21)24(30)26-15-19-8-7-9-20(14-19)16-28-13-12-25-17-28/h4-14,17-18,22H,3,15-16H2,1-2H3,(H,26,30)(H,27,29). The molecule has 2 atom stereocenters. The number of rotatable bonds is 9. The molecule has 0 saturated heterocycles. The normalized spacial score (nSPS) is 12.7. The summed E-state index contributed by atoms with van der Waals surface area (Å²) in [5, 5.41) is 5.88. The maximum atomic E-state index is 12.9. The largest absolute Gasteiger partial charge is 0.350 e. The number of nitrogens with zero attached hydrogens (tertiary/aromatic N) is 2. The highest BCUT2D eigenvalue weighted by atomic mass is 16.2. The van der Waals surface area contributed by atoms with Crippen molar-refractivity contribution in [2.45, 2.75) is 39.4 Å². The molecular weight excluding hydrogens is 376 g/mol. The van der Waals surface area contributed by atoms with E-state index in [1.54, 1.807) is 24.7 Å². The Morgan fingerprint density at radius 1 is 1.07 bits per heavy atom. The van der Waals surface area contributed by atoms with E-state index in [1.807, 2.05) is 61.0 Å². The average molecular weight is 405 g/mol. The SMILES string of the molecule is CCC(C)C(NC(=O)c1ccccc1)C(=O)NCc1cccc(Cn2ccnc2)c1. The minimum Gasteiger partial charge on any atom is -0.350 e. The van der Waals surface area contributed by atoms with Gasteiger partial charge in [-0.25, -0.2) is 4.98 Å². The van der Waals surface area contributed by atoms with Crippen LogP contribution in [0.3, 0.4) is 0 Å². The van der Waals surface area contributed by atoms with Crippen LogP contribution < -0.4 is 10.6 Å². The zero-order valence-electron chi connectivity index (χ0n) is 17.4. The van der Waals surface area contributed by atoms with Crippen LogP contribution in [0.5, 0.6) is 0 Å². The van der Waals surface area contributed by atoms with Gasteiger partial charge in [0.05, 0.1) is 6.33 Å². The first-order valence-corrected chi connectivity index (χ1v) is 10.2. The van der Waals surface area contributed by atoms with Crippen LogP contribution in [-0.4, -0.2) is 27.4 Å². The van der Waals surface area contributed by atoms with Crippen molar-refractivity contribution < 1.29 is 9.59 Å². The summed E-state index contributed by atoms with van der Waals surface area (Å²) in [7, 11) is 0. The Kier molecular flexibility index (Phi) is 7.38. The second kappa shape index (κ2) is 10.4. The van der Waals surface area contributed by atoms with Crippen LogP contribution in [0.2, 0.25) is 0 Å². The molecule has 2 amide bonds. The minimum atomic E-state index is -0.586. The predicted molar refractivity (Wildman–Crippen MR) is 117 cm³/mol. The Balaban J connectivity index is 1.62. The van der Waals surface area contributed by atoms with E-state index in [4.69, 9.17) is 0 Å². The molecule has 3 aromatic rings. The molecular formula is C24H28N4O2. The Hall–Kier alpha value is -3.41. The monoisotopic (exact) mass is 404 g/mol. The third-order valence-electron chi connectivity index (χ3n) is 5.20. The van der Waals surface area contributed by atoms with Crippen LogP contribution >= 0.6 is 0 Å². The molecule has 0 spiro atoms. The number of carbonyl (C=O) groups excluding carboxylic acids is 2. The molecule has 1 heterocycles. The first kappa shape index (κ1) is 21.3. The molecule has 0 aliphatic heterocycles. The van der Waals surface area contributed by atoms with Gasteiger partial charge in [-0.15, -0.1) is 0 Å². The van der Waals surface area contributed by atoms with Crippen LogP contribution in [-0.2, 0) is 17.9 Å². The van der Waals surface area contributed by atoms with Crippen molar-refractivity contribution in [3.63, 3.8) is 0 Å². The quantitative estimate of drug-likeness (QED) is 0.574. The number of benzene rings is 2. The van der Waals surface area contributed by atoms with Gasteiger partial charge in [0.25, 0.3) is 5.91 Å². The second-order valence-electron chi connectivity index (χ2n) is 7.48. The number of hydrogen-bond acceptors (Lipinski definition) is 3. The second-order valence-corrected chi connectivity index (χ2v) is 7.48. The van der Waals surface area contributed by atoms with E-state index < -0.39 is 6.04 Å². The summed E-state index contributed by atoms with van der Waals surface area (Å²) in [6.07, 6.45) is 6.23. The van der Waals surface area contributed by atoms with Crippen LogP contribution in [0, 0.1) is 5.92 Å². The zero-order chi connectivity index (χ0) is 21.3. The van der Waals surface area contributed by atoms with E-state index >= 15 is 0 Å². The zero-order valence-corrected chi connectivity index (χ0v) is 17.4. The van der Waals surface area contributed by atoms with Crippen LogP contribution in [0.25, 0.3) is 0 Å². The third kappa shape index (κ3) is 5.80. The summed E-state index contributed by atoms with van der Waals surface area (Å²) < 4.78 is 2.00. The third-order valence-corrected chi connectivity index (χ3v) is 5.20. The van der Waals surface area contributed by atoms with Crippen LogP contribution in [0.1, 0.15) is 41.8 Å². The number of imidazole rings is 1. The van der Waals surface area contributed by atoms with E-state index in [0.29, 0.717) is 12.1 Å². The van der Waals surface area contributed by atoms with Crippen molar-refractivity contribution in [3.8, 4) is 0 Å². The van der Waals surface area contributed by atoms with Crippen LogP contribution in [0.15, 0.2) is 73.3 Å². The molecule has 156 valence electrons. The fourth-order valence-corrected chi connectivity index (χ4v) is 3.24. The highest BCUT2D eigenvalue weighted by Gasteiger charge is 2.26. The topological polar surface area (TPSA) is 76.0 Å². The lowest BCUT2D eigenvalue weighted by Crippen LogP contribution is -2.50. The smallest absolute Gasteiger partial charge is 0.251 e. The first-order chi connectivity index (χ1) is 14.6. The lowest BCUT2D eigenvalue weighted by atomic mass is 9.97. The molecule has 0 radical (unpaired) electrons. The van der Waals surface area contributed by atoms with Gasteiger partial charge in [-0.05, 0) is 29.2 Å². The molecule has 2 aromatic carbocycles. The van der Waals surface area contributed by atoms with E-state index in [0.717, 1.165) is 24.1 Å². The lowest BCUT2D eigenvalue weighted by Gasteiger charge is -2.23. The fourth-order valence-electron chi connectivity index (χ4n) is 3.24. The molecule has 30 heavy (non-hydrogen) atoms. The molecule has 2 N–H and O–H groups in total. The number of aromatic nitrogens is 2. The van der Waals surface area contributed by atoms with Gasteiger partial charge in [-0.1, -0.05) is 62.7 Å². The summed E-state index contributed by atoms with van der Waals surface area (Å²) in [5.74, 6) is -0.391. The Labute approximate surface area is 177 Å². The highest BCUT2D eigenvalue weighted by Crippen LogP contribution is 2.11. The Morgan fingerprint density at radius 3 is 2.53 bits per heavy atom. The molecule has 6 heteroatoms. The molecule has 1 aromatic heterocycles. The van der Waals surface area contributed by atoms with E-state index in [2.05, 4.69) is 21.7 Å². The average Bonchev–Trinajstić information content (AvgIpc) is 3.29. The van der Waals surface area contributed by atoms with Crippen LogP contribution in [0.4, 0.5) is 0 Å². The molecule has 0 saturated carbocycles. The van der Waals surface area contributed by atoms with Crippen molar-refractivity contribution in [1.29, 1.82) is 0 Å². The maximum Gasteiger partial charge on any atom is 0.251 e. The Bertz CT molecular complexity index is 954. The van der Waals surface area contributed by atoms with E-state index in [-0.39, 0.29) is 17.7 Å². The molecule has 0 bridgehead atoms. The van der Waals surface area contributed by atoms with Gasteiger partial charge < -0.3 is 15.2 Å². The molecule has 6 nitrogen and oxygen atoms in total. The van der Waals surface area contributed by atoms with E-state index in [9.17, 15) is 9.59 Å². The molecule has 2 unspecified atom stereocenters.